The molecule has 1 aromatic heterocycles. The average Bonchev–Trinajstić information content (AvgIpc) is 3.06. The second kappa shape index (κ2) is 10.5. The highest BCUT2D eigenvalue weighted by atomic mass is 79.9. The Balaban J connectivity index is 2.17. The third-order valence-electron chi connectivity index (χ3n) is 4.80. The van der Waals surface area contributed by atoms with Crippen molar-refractivity contribution < 1.29 is 9.59 Å². The summed E-state index contributed by atoms with van der Waals surface area (Å²) in [6, 6.07) is 11.2. The summed E-state index contributed by atoms with van der Waals surface area (Å²) in [5.41, 5.74) is 1.66. The maximum Gasteiger partial charge on any atom is 0.254 e. The molecular weight excluding hydrogens is 418 g/mol. The fraction of sp³-hybridized carbons (Fsp3) is 0.455. The van der Waals surface area contributed by atoms with E-state index in [2.05, 4.69) is 22.9 Å². The first-order chi connectivity index (χ1) is 13.3. The number of aryl methyl sites for hydroxylation is 1. The topological polar surface area (TPSA) is 45.6 Å². The molecule has 0 aliphatic rings. The Kier molecular flexibility index (Phi) is 8.30. The Labute approximate surface area is 176 Å². The van der Waals surface area contributed by atoms with Gasteiger partial charge in [-0.25, -0.2) is 0 Å². The number of hydrogen-bond donors (Lipinski definition) is 0. The second-order valence-electron chi connectivity index (χ2n) is 7.32. The lowest BCUT2D eigenvalue weighted by atomic mass is 10.1. The monoisotopic (exact) mass is 447 g/mol. The van der Waals surface area contributed by atoms with Crippen molar-refractivity contribution in [1.82, 2.24) is 14.4 Å². The smallest absolute Gasteiger partial charge is 0.254 e. The van der Waals surface area contributed by atoms with Gasteiger partial charge in [-0.15, -0.1) is 0 Å². The summed E-state index contributed by atoms with van der Waals surface area (Å²) < 4.78 is 2.88. The Bertz CT molecular complexity index is 801. The number of aromatic nitrogens is 1. The summed E-state index contributed by atoms with van der Waals surface area (Å²) in [6.07, 6.45) is 3.94. The number of benzene rings is 1. The van der Waals surface area contributed by atoms with Gasteiger partial charge in [0, 0.05) is 41.6 Å². The number of halogens is 1. The van der Waals surface area contributed by atoms with Crippen LogP contribution in [0.15, 0.2) is 47.1 Å². The van der Waals surface area contributed by atoms with Crippen LogP contribution in [0.4, 0.5) is 0 Å². The van der Waals surface area contributed by atoms with E-state index in [1.807, 2.05) is 60.8 Å². The third kappa shape index (κ3) is 5.96. The number of amides is 2. The van der Waals surface area contributed by atoms with Crippen LogP contribution in [-0.4, -0.2) is 45.3 Å². The van der Waals surface area contributed by atoms with Crippen molar-refractivity contribution in [3.05, 3.63) is 58.3 Å². The van der Waals surface area contributed by atoms with Gasteiger partial charge < -0.3 is 14.4 Å². The minimum Gasteiger partial charge on any atom is -0.353 e. The van der Waals surface area contributed by atoms with Gasteiger partial charge in [0.15, 0.2) is 0 Å². The molecule has 0 radical (unpaired) electrons. The molecule has 1 heterocycles. The molecule has 28 heavy (non-hydrogen) atoms. The van der Waals surface area contributed by atoms with Crippen LogP contribution < -0.4 is 0 Å². The number of carbonyl (C=O) groups excluding carboxylic acids is 2. The van der Waals surface area contributed by atoms with Crippen molar-refractivity contribution in [3.8, 4) is 0 Å². The fourth-order valence-electron chi connectivity index (χ4n) is 3.02. The van der Waals surface area contributed by atoms with Crippen LogP contribution >= 0.6 is 15.9 Å². The van der Waals surface area contributed by atoms with Crippen LogP contribution in [0, 0.1) is 0 Å². The molecule has 0 saturated carbocycles. The average molecular weight is 448 g/mol. The Morgan fingerprint density at radius 1 is 1.18 bits per heavy atom. The van der Waals surface area contributed by atoms with Crippen LogP contribution in [-0.2, 0) is 18.4 Å². The van der Waals surface area contributed by atoms with Gasteiger partial charge in [0.1, 0.15) is 6.54 Å². The van der Waals surface area contributed by atoms with E-state index in [-0.39, 0.29) is 24.4 Å². The van der Waals surface area contributed by atoms with Crippen molar-refractivity contribution >= 4 is 27.7 Å². The predicted octanol–water partition coefficient (Wildman–Crippen LogP) is 4.47. The van der Waals surface area contributed by atoms with Crippen molar-refractivity contribution in [2.24, 2.45) is 7.05 Å². The van der Waals surface area contributed by atoms with Gasteiger partial charge in [0.2, 0.25) is 5.91 Å². The van der Waals surface area contributed by atoms with Crippen LogP contribution in [0.2, 0.25) is 0 Å². The lowest BCUT2D eigenvalue weighted by Gasteiger charge is -2.30. The lowest BCUT2D eigenvalue weighted by Crippen LogP contribution is -2.46. The van der Waals surface area contributed by atoms with Gasteiger partial charge in [-0.05, 0) is 50.6 Å². The van der Waals surface area contributed by atoms with Crippen LogP contribution in [0.5, 0.6) is 0 Å². The van der Waals surface area contributed by atoms with E-state index in [1.165, 1.54) is 0 Å². The molecule has 0 N–H and O–H groups in total. The lowest BCUT2D eigenvalue weighted by molar-refractivity contribution is -0.133. The molecule has 1 aromatic carbocycles. The molecule has 2 rings (SSSR count). The number of hydrogen-bond acceptors (Lipinski definition) is 2. The Morgan fingerprint density at radius 2 is 1.93 bits per heavy atom. The van der Waals surface area contributed by atoms with E-state index in [4.69, 9.17) is 0 Å². The SMILES string of the molecule is CCCCN(Cc1cccn1C)C(=O)CN(C(=O)c1cccc(Br)c1)C(C)C. The highest BCUT2D eigenvalue weighted by Gasteiger charge is 2.25. The van der Waals surface area contributed by atoms with Gasteiger partial charge in [-0.2, -0.15) is 0 Å². The van der Waals surface area contributed by atoms with Crippen LogP contribution in [0.1, 0.15) is 49.7 Å². The van der Waals surface area contributed by atoms with Gasteiger partial charge >= 0.3 is 0 Å². The molecule has 0 fully saturated rings. The molecule has 0 aliphatic heterocycles. The number of carbonyl (C=O) groups is 2. The maximum absolute atomic E-state index is 13.1. The number of rotatable bonds is 9. The van der Waals surface area contributed by atoms with Gasteiger partial charge in [0.05, 0.1) is 6.54 Å². The van der Waals surface area contributed by atoms with Crippen molar-refractivity contribution in [2.45, 2.75) is 46.2 Å². The Hall–Kier alpha value is -2.08. The second-order valence-corrected chi connectivity index (χ2v) is 8.23. The summed E-state index contributed by atoms with van der Waals surface area (Å²) >= 11 is 3.41. The molecule has 0 atom stereocenters. The van der Waals surface area contributed by atoms with Crippen molar-refractivity contribution in [1.29, 1.82) is 0 Å². The third-order valence-corrected chi connectivity index (χ3v) is 5.29. The standard InChI is InChI=1S/C22H30BrN3O2/c1-5-6-13-25(15-20-11-8-12-24(20)4)21(27)16-26(17(2)3)22(28)18-9-7-10-19(23)14-18/h7-12,14,17H,5-6,13,15-16H2,1-4H3. The van der Waals surface area contributed by atoms with Crippen molar-refractivity contribution in [3.63, 3.8) is 0 Å². The van der Waals surface area contributed by atoms with E-state index in [0.29, 0.717) is 18.7 Å². The van der Waals surface area contributed by atoms with Gasteiger partial charge in [0.25, 0.3) is 5.91 Å². The number of nitrogens with zero attached hydrogens (tertiary/aromatic N) is 3. The first kappa shape index (κ1) is 22.2. The molecule has 5 nitrogen and oxygen atoms in total. The minimum absolute atomic E-state index is 0.0216. The maximum atomic E-state index is 13.1. The van der Waals surface area contributed by atoms with E-state index >= 15 is 0 Å². The zero-order chi connectivity index (χ0) is 20.7. The molecular formula is C22H30BrN3O2. The van der Waals surface area contributed by atoms with Crippen LogP contribution in [0.3, 0.4) is 0 Å². The summed E-state index contributed by atoms with van der Waals surface area (Å²) in [5.74, 6) is -0.148. The van der Waals surface area contributed by atoms with E-state index in [9.17, 15) is 9.59 Å². The minimum atomic E-state index is -0.126. The highest BCUT2D eigenvalue weighted by Crippen LogP contribution is 2.16. The Morgan fingerprint density at radius 3 is 2.50 bits per heavy atom. The summed E-state index contributed by atoms with van der Waals surface area (Å²) in [4.78, 5) is 29.6. The quantitative estimate of drug-likeness (QED) is 0.569. The van der Waals surface area contributed by atoms with Gasteiger partial charge in [-0.1, -0.05) is 35.3 Å². The molecule has 2 aromatic rings. The molecule has 0 aliphatic carbocycles. The number of unbranched alkanes of at least 4 members (excludes halogenated alkanes) is 1. The molecule has 152 valence electrons. The fourth-order valence-corrected chi connectivity index (χ4v) is 3.42. The van der Waals surface area contributed by atoms with E-state index < -0.39 is 0 Å². The normalized spacial score (nSPS) is 10.9. The summed E-state index contributed by atoms with van der Waals surface area (Å²) in [5, 5.41) is 0. The van der Waals surface area contributed by atoms with Gasteiger partial charge in [-0.3, -0.25) is 9.59 Å². The van der Waals surface area contributed by atoms with E-state index in [0.717, 1.165) is 23.0 Å². The summed E-state index contributed by atoms with van der Waals surface area (Å²) in [7, 11) is 1.98. The first-order valence-corrected chi connectivity index (χ1v) is 10.6. The highest BCUT2D eigenvalue weighted by molar-refractivity contribution is 9.10. The molecule has 0 unspecified atom stereocenters. The molecule has 6 heteroatoms. The zero-order valence-electron chi connectivity index (χ0n) is 17.2. The molecule has 0 saturated heterocycles. The molecule has 0 bridgehead atoms. The van der Waals surface area contributed by atoms with Crippen molar-refractivity contribution in [2.75, 3.05) is 13.1 Å². The molecule has 0 spiro atoms. The predicted molar refractivity (Wildman–Crippen MR) is 116 cm³/mol. The summed E-state index contributed by atoms with van der Waals surface area (Å²) in [6.45, 7) is 7.32. The van der Waals surface area contributed by atoms with Crippen LogP contribution in [0.25, 0.3) is 0 Å². The first-order valence-electron chi connectivity index (χ1n) is 9.78. The largest absolute Gasteiger partial charge is 0.353 e. The van der Waals surface area contributed by atoms with E-state index in [1.54, 1.807) is 17.0 Å². The molecule has 2 amide bonds. The zero-order valence-corrected chi connectivity index (χ0v) is 18.8.